The highest BCUT2D eigenvalue weighted by Crippen LogP contribution is 2.31. The summed E-state index contributed by atoms with van der Waals surface area (Å²) in [5, 5.41) is 8.86. The van der Waals surface area contributed by atoms with Crippen molar-refractivity contribution in [3.05, 3.63) is 24.2 Å². The molecule has 0 spiro atoms. The first-order chi connectivity index (χ1) is 7.25. The molecule has 1 fully saturated rings. The lowest BCUT2D eigenvalue weighted by molar-refractivity contribution is -0.143. The predicted octanol–water partition coefficient (Wildman–Crippen LogP) is 2.71. The van der Waals surface area contributed by atoms with Gasteiger partial charge in [-0.2, -0.15) is 0 Å². The summed E-state index contributed by atoms with van der Waals surface area (Å²) in [4.78, 5) is 10.8. The molecule has 3 heteroatoms. The Hall–Kier alpha value is -1.25. The zero-order valence-corrected chi connectivity index (χ0v) is 8.69. The third kappa shape index (κ3) is 2.61. The van der Waals surface area contributed by atoms with Gasteiger partial charge < -0.3 is 9.52 Å². The molecule has 82 valence electrons. The smallest absolute Gasteiger partial charge is 0.306 e. The topological polar surface area (TPSA) is 50.4 Å². The minimum Gasteiger partial charge on any atom is -0.481 e. The van der Waals surface area contributed by atoms with Crippen molar-refractivity contribution >= 4 is 5.97 Å². The number of carboxylic acids is 1. The van der Waals surface area contributed by atoms with Crippen molar-refractivity contribution in [2.24, 2.45) is 11.8 Å². The van der Waals surface area contributed by atoms with E-state index in [1.165, 1.54) is 0 Å². The van der Waals surface area contributed by atoms with E-state index in [-0.39, 0.29) is 5.92 Å². The van der Waals surface area contributed by atoms with Crippen LogP contribution in [0, 0.1) is 11.8 Å². The fourth-order valence-corrected chi connectivity index (χ4v) is 2.33. The van der Waals surface area contributed by atoms with Crippen LogP contribution in [0.15, 0.2) is 22.8 Å². The molecule has 15 heavy (non-hydrogen) atoms. The highest BCUT2D eigenvalue weighted by Gasteiger charge is 2.26. The lowest BCUT2D eigenvalue weighted by Crippen LogP contribution is -2.22. The van der Waals surface area contributed by atoms with Crippen molar-refractivity contribution in [1.29, 1.82) is 0 Å². The summed E-state index contributed by atoms with van der Waals surface area (Å²) >= 11 is 0. The van der Waals surface area contributed by atoms with E-state index in [1.807, 2.05) is 12.1 Å². The molecule has 1 aromatic rings. The Morgan fingerprint density at radius 3 is 2.67 bits per heavy atom. The van der Waals surface area contributed by atoms with Crippen LogP contribution >= 0.6 is 0 Å². The Morgan fingerprint density at radius 2 is 2.13 bits per heavy atom. The van der Waals surface area contributed by atoms with Crippen molar-refractivity contribution in [1.82, 2.24) is 0 Å². The molecule has 1 N–H and O–H groups in total. The van der Waals surface area contributed by atoms with Gasteiger partial charge in [0.15, 0.2) is 0 Å². The Bertz CT molecular complexity index is 308. The zero-order valence-electron chi connectivity index (χ0n) is 8.69. The van der Waals surface area contributed by atoms with Crippen LogP contribution in [0.4, 0.5) is 0 Å². The number of rotatable bonds is 3. The van der Waals surface area contributed by atoms with Crippen LogP contribution in [-0.4, -0.2) is 11.1 Å². The maximum absolute atomic E-state index is 10.8. The monoisotopic (exact) mass is 208 g/mol. The van der Waals surface area contributed by atoms with Gasteiger partial charge in [0, 0.05) is 6.42 Å². The summed E-state index contributed by atoms with van der Waals surface area (Å²) < 4.78 is 5.29. The van der Waals surface area contributed by atoms with Gasteiger partial charge in [0.05, 0.1) is 12.2 Å². The number of furan rings is 1. The SMILES string of the molecule is O=C(O)C1CCC(Cc2ccco2)CC1. The van der Waals surface area contributed by atoms with E-state index in [4.69, 9.17) is 9.52 Å². The molecule has 1 aromatic heterocycles. The van der Waals surface area contributed by atoms with Crippen molar-refractivity contribution in [3.8, 4) is 0 Å². The second-order valence-electron chi connectivity index (χ2n) is 4.34. The molecule has 0 saturated heterocycles. The molecule has 0 atom stereocenters. The van der Waals surface area contributed by atoms with E-state index in [1.54, 1.807) is 6.26 Å². The van der Waals surface area contributed by atoms with Crippen LogP contribution in [0.5, 0.6) is 0 Å². The maximum Gasteiger partial charge on any atom is 0.306 e. The lowest BCUT2D eigenvalue weighted by atomic mass is 9.80. The molecule has 0 radical (unpaired) electrons. The highest BCUT2D eigenvalue weighted by molar-refractivity contribution is 5.69. The van der Waals surface area contributed by atoms with E-state index in [9.17, 15) is 4.79 Å². The summed E-state index contributed by atoms with van der Waals surface area (Å²) in [7, 11) is 0. The molecule has 1 aliphatic carbocycles. The van der Waals surface area contributed by atoms with Gasteiger partial charge in [0.1, 0.15) is 5.76 Å². The number of hydrogen-bond acceptors (Lipinski definition) is 2. The molecule has 2 rings (SSSR count). The van der Waals surface area contributed by atoms with E-state index in [0.717, 1.165) is 37.9 Å². The normalized spacial score (nSPS) is 26.4. The minimum absolute atomic E-state index is 0.113. The molecule has 3 nitrogen and oxygen atoms in total. The minimum atomic E-state index is -0.633. The number of carboxylic acid groups (broad SMARTS) is 1. The van der Waals surface area contributed by atoms with Crippen LogP contribution in [0.2, 0.25) is 0 Å². The Kier molecular flexibility index (Phi) is 3.09. The van der Waals surface area contributed by atoms with Gasteiger partial charge in [-0.25, -0.2) is 0 Å². The van der Waals surface area contributed by atoms with E-state index >= 15 is 0 Å². The third-order valence-corrected chi connectivity index (χ3v) is 3.27. The first kappa shape index (κ1) is 10.3. The van der Waals surface area contributed by atoms with Crippen LogP contribution in [-0.2, 0) is 11.2 Å². The molecular formula is C12H16O3. The van der Waals surface area contributed by atoms with E-state index in [0.29, 0.717) is 5.92 Å². The second kappa shape index (κ2) is 4.51. The molecule has 1 heterocycles. The number of hydrogen-bond donors (Lipinski definition) is 1. The summed E-state index contributed by atoms with van der Waals surface area (Å²) in [6.45, 7) is 0. The van der Waals surface area contributed by atoms with Crippen LogP contribution in [0.3, 0.4) is 0 Å². The van der Waals surface area contributed by atoms with Gasteiger partial charge in [0.25, 0.3) is 0 Å². The molecule has 0 unspecified atom stereocenters. The lowest BCUT2D eigenvalue weighted by Gasteiger charge is -2.25. The van der Waals surface area contributed by atoms with Gasteiger partial charge in [-0.15, -0.1) is 0 Å². The molecule has 0 aliphatic heterocycles. The van der Waals surface area contributed by atoms with Gasteiger partial charge in [-0.05, 0) is 43.7 Å². The maximum atomic E-state index is 10.8. The van der Waals surface area contributed by atoms with Crippen LogP contribution in [0.25, 0.3) is 0 Å². The van der Waals surface area contributed by atoms with Crippen molar-refractivity contribution in [2.45, 2.75) is 32.1 Å². The van der Waals surface area contributed by atoms with Gasteiger partial charge in [-0.1, -0.05) is 0 Å². The first-order valence-electron chi connectivity index (χ1n) is 5.51. The predicted molar refractivity (Wildman–Crippen MR) is 55.5 cm³/mol. The van der Waals surface area contributed by atoms with Gasteiger partial charge in [-0.3, -0.25) is 4.79 Å². The standard InChI is InChI=1S/C12H16O3/c13-12(14)10-5-3-9(4-6-10)8-11-2-1-7-15-11/h1-2,7,9-10H,3-6,8H2,(H,13,14). The number of aliphatic carboxylic acids is 1. The van der Waals surface area contributed by atoms with Crippen LogP contribution in [0.1, 0.15) is 31.4 Å². The Balaban J connectivity index is 1.81. The molecular weight excluding hydrogens is 192 g/mol. The number of carbonyl (C=O) groups is 1. The third-order valence-electron chi connectivity index (χ3n) is 3.27. The molecule has 1 aliphatic rings. The van der Waals surface area contributed by atoms with Crippen LogP contribution < -0.4 is 0 Å². The van der Waals surface area contributed by atoms with Gasteiger partial charge >= 0.3 is 5.97 Å². The fourth-order valence-electron chi connectivity index (χ4n) is 2.33. The molecule has 1 saturated carbocycles. The summed E-state index contributed by atoms with van der Waals surface area (Å²) in [5.41, 5.74) is 0. The van der Waals surface area contributed by atoms with Crippen molar-refractivity contribution in [3.63, 3.8) is 0 Å². The zero-order chi connectivity index (χ0) is 10.7. The Labute approximate surface area is 89.1 Å². The Morgan fingerprint density at radius 1 is 1.40 bits per heavy atom. The second-order valence-corrected chi connectivity index (χ2v) is 4.34. The molecule has 0 amide bonds. The van der Waals surface area contributed by atoms with Gasteiger partial charge in [0.2, 0.25) is 0 Å². The highest BCUT2D eigenvalue weighted by atomic mass is 16.4. The molecule has 0 bridgehead atoms. The van der Waals surface area contributed by atoms with E-state index in [2.05, 4.69) is 0 Å². The van der Waals surface area contributed by atoms with Crippen molar-refractivity contribution in [2.75, 3.05) is 0 Å². The average molecular weight is 208 g/mol. The largest absolute Gasteiger partial charge is 0.481 e. The quantitative estimate of drug-likeness (QED) is 0.830. The van der Waals surface area contributed by atoms with E-state index < -0.39 is 5.97 Å². The summed E-state index contributed by atoms with van der Waals surface area (Å²) in [5.74, 6) is 0.879. The first-order valence-corrected chi connectivity index (χ1v) is 5.51. The fraction of sp³-hybridized carbons (Fsp3) is 0.583. The summed E-state index contributed by atoms with van der Waals surface area (Å²) in [6, 6.07) is 3.89. The van der Waals surface area contributed by atoms with Crippen molar-refractivity contribution < 1.29 is 14.3 Å². The molecule has 0 aromatic carbocycles. The summed E-state index contributed by atoms with van der Waals surface area (Å²) in [6.07, 6.45) is 6.31. The average Bonchev–Trinajstić information content (AvgIpc) is 2.71.